The monoisotopic (exact) mass is 466 g/mol. The number of fused-ring (bicyclic) bond motifs is 5. The summed E-state index contributed by atoms with van der Waals surface area (Å²) in [5.41, 5.74) is 2.85. The zero-order chi connectivity index (χ0) is 23.9. The van der Waals surface area contributed by atoms with Gasteiger partial charge in [-0.15, -0.1) is 0 Å². The lowest BCUT2D eigenvalue weighted by Gasteiger charge is -2.51. The molecule has 0 N–H and O–H groups in total. The van der Waals surface area contributed by atoms with E-state index in [1.54, 1.807) is 0 Å². The maximum absolute atomic E-state index is 15.4. The fourth-order valence-electron chi connectivity index (χ4n) is 7.43. The van der Waals surface area contributed by atoms with Crippen molar-refractivity contribution >= 4 is 5.78 Å². The van der Waals surface area contributed by atoms with Gasteiger partial charge in [0, 0.05) is 24.7 Å². The smallest absolute Gasteiger partial charge is 0.253 e. The summed E-state index contributed by atoms with van der Waals surface area (Å²) in [7, 11) is 0. The van der Waals surface area contributed by atoms with Gasteiger partial charge in [-0.25, -0.2) is 8.78 Å². The van der Waals surface area contributed by atoms with Crippen LogP contribution < -0.4 is 4.74 Å². The molecule has 0 radical (unpaired) electrons. The highest BCUT2D eigenvalue weighted by molar-refractivity contribution is 5.77. The number of benzene rings is 2. The normalized spacial score (nSPS) is 31.3. The molecule has 34 heavy (non-hydrogen) atoms. The van der Waals surface area contributed by atoms with Gasteiger partial charge in [-0.3, -0.25) is 4.79 Å². The maximum atomic E-state index is 15.4. The molecule has 0 saturated heterocycles. The number of ether oxygens (including phenoxy) is 1. The van der Waals surface area contributed by atoms with Crippen LogP contribution >= 0.6 is 0 Å². The lowest BCUT2D eigenvalue weighted by molar-refractivity contribution is -0.133. The van der Waals surface area contributed by atoms with Crippen molar-refractivity contribution in [2.24, 2.45) is 23.2 Å². The minimum absolute atomic E-state index is 0.00642. The average Bonchev–Trinajstić information content (AvgIpc) is 3.06. The third-order valence-corrected chi connectivity index (χ3v) is 9.25. The summed E-state index contributed by atoms with van der Waals surface area (Å²) in [6.07, 6.45) is 4.77. The fourth-order valence-corrected chi connectivity index (χ4v) is 7.43. The fraction of sp³-hybridized carbons (Fsp3) is 0.567. The summed E-state index contributed by atoms with van der Waals surface area (Å²) in [4.78, 5) is 12.0. The van der Waals surface area contributed by atoms with Gasteiger partial charge in [0.05, 0.1) is 0 Å². The van der Waals surface area contributed by atoms with Gasteiger partial charge in [0.1, 0.15) is 18.1 Å². The summed E-state index contributed by atoms with van der Waals surface area (Å²) >= 11 is 0. The lowest BCUT2D eigenvalue weighted by Crippen LogP contribution is -2.47. The Hall–Kier alpha value is -2.23. The molecular formula is C30H36F2O2. The second-order valence-corrected chi connectivity index (χ2v) is 11.0. The SMILES string of the molecule is CCC(=O)CC[C@@H]1CC(F)(F)[C@@]2(C)CC[C@@H]3c4ccc(OCc5ccccc5)cc4CC[C@H]3[C@H]12. The number of rotatable bonds is 7. The molecule has 3 aliphatic carbocycles. The first kappa shape index (κ1) is 23.5. The lowest BCUT2D eigenvalue weighted by atomic mass is 9.53. The van der Waals surface area contributed by atoms with Crippen LogP contribution in [0.4, 0.5) is 8.78 Å². The van der Waals surface area contributed by atoms with E-state index in [1.807, 2.05) is 32.0 Å². The van der Waals surface area contributed by atoms with Crippen molar-refractivity contribution in [1.29, 1.82) is 0 Å². The molecule has 0 bridgehead atoms. The van der Waals surface area contributed by atoms with Crippen molar-refractivity contribution in [3.63, 3.8) is 0 Å². The Balaban J connectivity index is 1.36. The number of carbonyl (C=O) groups is 1. The van der Waals surface area contributed by atoms with Gasteiger partial charge in [-0.2, -0.15) is 0 Å². The highest BCUT2D eigenvalue weighted by Crippen LogP contribution is 2.68. The molecule has 4 heteroatoms. The molecule has 2 nitrogen and oxygen atoms in total. The van der Waals surface area contributed by atoms with Crippen LogP contribution in [0.3, 0.4) is 0 Å². The molecule has 5 atom stereocenters. The zero-order valence-electron chi connectivity index (χ0n) is 20.4. The summed E-state index contributed by atoms with van der Waals surface area (Å²) in [5.74, 6) is -1.02. The van der Waals surface area contributed by atoms with Gasteiger partial charge in [-0.05, 0) is 84.6 Å². The average molecular weight is 467 g/mol. The Kier molecular flexibility index (Phi) is 6.29. The van der Waals surface area contributed by atoms with Gasteiger partial charge in [0.2, 0.25) is 0 Å². The molecule has 2 fully saturated rings. The van der Waals surface area contributed by atoms with Crippen molar-refractivity contribution in [3.05, 3.63) is 65.2 Å². The minimum atomic E-state index is -2.64. The number of alkyl halides is 2. The van der Waals surface area contributed by atoms with E-state index in [1.165, 1.54) is 11.1 Å². The van der Waals surface area contributed by atoms with E-state index in [4.69, 9.17) is 4.74 Å². The van der Waals surface area contributed by atoms with Crippen LogP contribution in [0.15, 0.2) is 48.5 Å². The molecule has 2 aromatic carbocycles. The van der Waals surface area contributed by atoms with Crippen LogP contribution in [0, 0.1) is 23.2 Å². The van der Waals surface area contributed by atoms with Crippen molar-refractivity contribution in [3.8, 4) is 5.75 Å². The predicted octanol–water partition coefficient (Wildman–Crippen LogP) is 7.74. The summed E-state index contributed by atoms with van der Waals surface area (Å²) < 4.78 is 36.8. The van der Waals surface area contributed by atoms with E-state index >= 15 is 8.78 Å². The molecule has 0 unspecified atom stereocenters. The molecular weight excluding hydrogens is 430 g/mol. The molecule has 2 saturated carbocycles. The first-order valence-corrected chi connectivity index (χ1v) is 13.0. The summed E-state index contributed by atoms with van der Waals surface area (Å²) in [6.45, 7) is 4.24. The number of Topliss-reactive ketones (excluding diaryl/α,β-unsaturated/α-hetero) is 1. The van der Waals surface area contributed by atoms with Gasteiger partial charge in [0.15, 0.2) is 0 Å². The van der Waals surface area contributed by atoms with Gasteiger partial charge >= 0.3 is 0 Å². The maximum Gasteiger partial charge on any atom is 0.253 e. The Morgan fingerprint density at radius 2 is 1.91 bits per heavy atom. The Morgan fingerprint density at radius 3 is 2.68 bits per heavy atom. The van der Waals surface area contributed by atoms with E-state index in [2.05, 4.69) is 30.3 Å². The second-order valence-electron chi connectivity index (χ2n) is 11.0. The molecule has 2 aromatic rings. The number of halogens is 2. The molecule has 3 aliphatic rings. The van der Waals surface area contributed by atoms with Gasteiger partial charge in [-0.1, -0.05) is 50.2 Å². The van der Waals surface area contributed by atoms with Crippen molar-refractivity contribution in [2.75, 3.05) is 0 Å². The van der Waals surface area contributed by atoms with E-state index < -0.39 is 11.3 Å². The van der Waals surface area contributed by atoms with E-state index in [9.17, 15) is 4.79 Å². The third kappa shape index (κ3) is 4.07. The molecule has 0 aliphatic heterocycles. The quantitative estimate of drug-likeness (QED) is 0.417. The minimum Gasteiger partial charge on any atom is -0.489 e. The van der Waals surface area contributed by atoms with Crippen LogP contribution in [0.5, 0.6) is 5.75 Å². The van der Waals surface area contributed by atoms with Crippen molar-refractivity contribution in [2.45, 2.75) is 83.7 Å². The van der Waals surface area contributed by atoms with Crippen LogP contribution in [0.25, 0.3) is 0 Å². The molecule has 0 amide bonds. The summed E-state index contributed by atoms with van der Waals surface area (Å²) in [6, 6.07) is 16.6. The molecule has 0 aromatic heterocycles. The molecule has 5 rings (SSSR count). The number of ketones is 1. The predicted molar refractivity (Wildman–Crippen MR) is 130 cm³/mol. The van der Waals surface area contributed by atoms with Crippen molar-refractivity contribution < 1.29 is 18.3 Å². The number of hydrogen-bond acceptors (Lipinski definition) is 2. The van der Waals surface area contributed by atoms with Crippen LogP contribution in [-0.4, -0.2) is 11.7 Å². The van der Waals surface area contributed by atoms with Crippen molar-refractivity contribution in [1.82, 2.24) is 0 Å². The van der Waals surface area contributed by atoms with Crippen LogP contribution in [-0.2, 0) is 17.8 Å². The van der Waals surface area contributed by atoms with E-state index in [0.29, 0.717) is 38.2 Å². The van der Waals surface area contributed by atoms with Gasteiger partial charge in [0.25, 0.3) is 5.92 Å². The first-order valence-electron chi connectivity index (χ1n) is 13.0. The highest BCUT2D eigenvalue weighted by Gasteiger charge is 2.67. The highest BCUT2D eigenvalue weighted by atomic mass is 19.3. The largest absolute Gasteiger partial charge is 0.489 e. The van der Waals surface area contributed by atoms with E-state index in [0.717, 1.165) is 30.6 Å². The Labute approximate surface area is 202 Å². The first-order chi connectivity index (χ1) is 16.3. The number of aryl methyl sites for hydroxylation is 1. The standard InChI is InChI=1S/C30H36F2O2/c1-3-23(33)11-9-22-18-30(31,32)29(2)16-15-26-25-14-12-24(34-19-20-7-5-4-6-8-20)17-21(25)10-13-27(26)28(22)29/h4-8,12,14,17,22,26-28H,3,9-11,13,15-16,18-19H2,1-2H3/t22-,26-,27-,28+,29+/m1/s1. The van der Waals surface area contributed by atoms with Crippen LogP contribution in [0.2, 0.25) is 0 Å². The third-order valence-electron chi connectivity index (χ3n) is 9.25. The van der Waals surface area contributed by atoms with Crippen LogP contribution in [0.1, 0.15) is 81.4 Å². The number of carbonyl (C=O) groups excluding carboxylic acids is 1. The molecule has 0 spiro atoms. The Morgan fingerprint density at radius 1 is 1.12 bits per heavy atom. The Bertz CT molecular complexity index is 1030. The molecule has 0 heterocycles. The summed E-state index contributed by atoms with van der Waals surface area (Å²) in [5, 5.41) is 0. The van der Waals surface area contributed by atoms with Gasteiger partial charge < -0.3 is 4.74 Å². The topological polar surface area (TPSA) is 26.3 Å². The number of hydrogen-bond donors (Lipinski definition) is 0. The molecule has 182 valence electrons. The van der Waals surface area contributed by atoms with E-state index in [-0.39, 0.29) is 30.0 Å². The zero-order valence-corrected chi connectivity index (χ0v) is 20.4. The second kappa shape index (κ2) is 9.09.